The summed E-state index contributed by atoms with van der Waals surface area (Å²) in [6.07, 6.45) is 0. The molecule has 1 rings (SSSR count). The van der Waals surface area contributed by atoms with Gasteiger partial charge in [0.2, 0.25) is 0 Å². The molecule has 0 amide bonds. The first-order chi connectivity index (χ1) is 7.36. The Kier molecular flexibility index (Phi) is 6.41. The van der Waals surface area contributed by atoms with Crippen molar-refractivity contribution in [1.29, 1.82) is 0 Å². The number of halogens is 1. The van der Waals surface area contributed by atoms with Crippen LogP contribution in [0.3, 0.4) is 0 Å². The van der Waals surface area contributed by atoms with Crippen LogP contribution in [0.15, 0.2) is 24.3 Å². The fourth-order valence-corrected chi connectivity index (χ4v) is 1.45. The fourth-order valence-electron chi connectivity index (χ4n) is 1.27. The molecule has 0 heterocycles. The standard InChI is InChI=1S/C12H18ClNO/c1-2-15-8-7-14-10-12-5-3-11(9-13)4-6-12/h3-6,14H,2,7-10H2,1H3. The molecular weight excluding hydrogens is 210 g/mol. The summed E-state index contributed by atoms with van der Waals surface area (Å²) in [6, 6.07) is 8.33. The fraction of sp³-hybridized carbons (Fsp3) is 0.500. The zero-order chi connectivity index (χ0) is 10.9. The van der Waals surface area contributed by atoms with Gasteiger partial charge in [0.1, 0.15) is 0 Å². The van der Waals surface area contributed by atoms with Gasteiger partial charge in [0.05, 0.1) is 6.61 Å². The summed E-state index contributed by atoms with van der Waals surface area (Å²) in [5.74, 6) is 0.581. The predicted octanol–water partition coefficient (Wildman–Crippen LogP) is 2.55. The Bertz CT molecular complexity index is 261. The van der Waals surface area contributed by atoms with Crippen LogP contribution < -0.4 is 5.32 Å². The zero-order valence-corrected chi connectivity index (χ0v) is 9.89. The minimum atomic E-state index is 0.581. The van der Waals surface area contributed by atoms with E-state index in [0.29, 0.717) is 5.88 Å². The SMILES string of the molecule is CCOCCNCc1ccc(CCl)cc1. The molecule has 1 aromatic rings. The molecule has 2 nitrogen and oxygen atoms in total. The lowest BCUT2D eigenvalue weighted by molar-refractivity contribution is 0.149. The molecule has 3 heteroatoms. The van der Waals surface area contributed by atoms with Crippen molar-refractivity contribution in [2.45, 2.75) is 19.3 Å². The van der Waals surface area contributed by atoms with Gasteiger partial charge in [-0.25, -0.2) is 0 Å². The molecule has 0 aliphatic heterocycles. The molecule has 0 spiro atoms. The highest BCUT2D eigenvalue weighted by Crippen LogP contribution is 2.06. The monoisotopic (exact) mass is 227 g/mol. The third-order valence-corrected chi connectivity index (χ3v) is 2.44. The van der Waals surface area contributed by atoms with E-state index in [4.69, 9.17) is 16.3 Å². The molecule has 0 radical (unpaired) electrons. The van der Waals surface area contributed by atoms with E-state index in [2.05, 4.69) is 29.6 Å². The summed E-state index contributed by atoms with van der Waals surface area (Å²) in [5.41, 5.74) is 2.44. The normalized spacial score (nSPS) is 10.5. The number of benzene rings is 1. The van der Waals surface area contributed by atoms with Crippen LogP contribution in [0.4, 0.5) is 0 Å². The molecule has 0 bridgehead atoms. The van der Waals surface area contributed by atoms with Crippen LogP contribution in [-0.2, 0) is 17.2 Å². The van der Waals surface area contributed by atoms with Crippen molar-refractivity contribution in [3.05, 3.63) is 35.4 Å². The van der Waals surface area contributed by atoms with Gasteiger partial charge in [-0.15, -0.1) is 11.6 Å². The van der Waals surface area contributed by atoms with Gasteiger partial charge >= 0.3 is 0 Å². The summed E-state index contributed by atoms with van der Waals surface area (Å²) in [4.78, 5) is 0. The van der Waals surface area contributed by atoms with E-state index in [1.165, 1.54) is 5.56 Å². The van der Waals surface area contributed by atoms with E-state index < -0.39 is 0 Å². The van der Waals surface area contributed by atoms with Crippen LogP contribution in [-0.4, -0.2) is 19.8 Å². The van der Waals surface area contributed by atoms with Crippen molar-refractivity contribution in [1.82, 2.24) is 5.32 Å². The number of alkyl halides is 1. The molecule has 1 aromatic carbocycles. The van der Waals surface area contributed by atoms with Gasteiger partial charge in [-0.05, 0) is 18.1 Å². The molecular formula is C12H18ClNO. The lowest BCUT2D eigenvalue weighted by Crippen LogP contribution is -2.19. The number of hydrogen-bond acceptors (Lipinski definition) is 2. The second-order valence-corrected chi connectivity index (χ2v) is 3.59. The molecule has 0 atom stereocenters. The zero-order valence-electron chi connectivity index (χ0n) is 9.13. The Morgan fingerprint density at radius 2 is 1.87 bits per heavy atom. The minimum absolute atomic E-state index is 0.581. The summed E-state index contributed by atoms with van der Waals surface area (Å²) in [6.45, 7) is 5.34. The third-order valence-electron chi connectivity index (χ3n) is 2.13. The van der Waals surface area contributed by atoms with Crippen LogP contribution in [0.1, 0.15) is 18.1 Å². The van der Waals surface area contributed by atoms with Crippen LogP contribution in [0.25, 0.3) is 0 Å². The average Bonchev–Trinajstić information content (AvgIpc) is 2.30. The van der Waals surface area contributed by atoms with Crippen LogP contribution in [0.2, 0.25) is 0 Å². The molecule has 0 aromatic heterocycles. The quantitative estimate of drug-likeness (QED) is 0.571. The van der Waals surface area contributed by atoms with Crippen LogP contribution in [0.5, 0.6) is 0 Å². The number of nitrogens with one attached hydrogen (secondary N) is 1. The van der Waals surface area contributed by atoms with Gasteiger partial charge in [-0.3, -0.25) is 0 Å². The molecule has 0 aliphatic carbocycles. The van der Waals surface area contributed by atoms with Gasteiger partial charge < -0.3 is 10.1 Å². The maximum absolute atomic E-state index is 5.71. The molecule has 0 aliphatic rings. The molecule has 84 valence electrons. The lowest BCUT2D eigenvalue weighted by atomic mass is 10.1. The highest BCUT2D eigenvalue weighted by atomic mass is 35.5. The van der Waals surface area contributed by atoms with Crippen LogP contribution >= 0.6 is 11.6 Å². The Morgan fingerprint density at radius 1 is 1.20 bits per heavy atom. The number of hydrogen-bond donors (Lipinski definition) is 1. The predicted molar refractivity (Wildman–Crippen MR) is 64.2 cm³/mol. The van der Waals surface area contributed by atoms with E-state index in [0.717, 1.165) is 31.9 Å². The largest absolute Gasteiger partial charge is 0.380 e. The molecule has 15 heavy (non-hydrogen) atoms. The molecule has 0 saturated heterocycles. The Labute approximate surface area is 96.6 Å². The lowest BCUT2D eigenvalue weighted by Gasteiger charge is -2.05. The van der Waals surface area contributed by atoms with Gasteiger partial charge in [0.15, 0.2) is 0 Å². The van der Waals surface area contributed by atoms with Crippen molar-refractivity contribution in [2.75, 3.05) is 19.8 Å². The van der Waals surface area contributed by atoms with Crippen molar-refractivity contribution in [2.24, 2.45) is 0 Å². The second kappa shape index (κ2) is 7.69. The number of ether oxygens (including phenoxy) is 1. The van der Waals surface area contributed by atoms with Gasteiger partial charge in [0.25, 0.3) is 0 Å². The van der Waals surface area contributed by atoms with Gasteiger partial charge in [0, 0.05) is 25.6 Å². The molecule has 0 unspecified atom stereocenters. The first-order valence-electron chi connectivity index (χ1n) is 5.29. The topological polar surface area (TPSA) is 21.3 Å². The average molecular weight is 228 g/mol. The smallest absolute Gasteiger partial charge is 0.0590 e. The Hall–Kier alpha value is -0.570. The van der Waals surface area contributed by atoms with Crippen molar-refractivity contribution < 1.29 is 4.74 Å². The van der Waals surface area contributed by atoms with Gasteiger partial charge in [-0.2, -0.15) is 0 Å². The third kappa shape index (κ3) is 5.17. The summed E-state index contributed by atoms with van der Waals surface area (Å²) in [7, 11) is 0. The maximum Gasteiger partial charge on any atom is 0.0590 e. The second-order valence-electron chi connectivity index (χ2n) is 3.32. The Balaban J connectivity index is 2.20. The first kappa shape index (κ1) is 12.5. The maximum atomic E-state index is 5.71. The summed E-state index contributed by atoms with van der Waals surface area (Å²) >= 11 is 5.71. The van der Waals surface area contributed by atoms with Crippen LogP contribution in [0, 0.1) is 0 Å². The molecule has 1 N–H and O–H groups in total. The highest BCUT2D eigenvalue weighted by Gasteiger charge is 1.93. The van der Waals surface area contributed by atoms with Crippen molar-refractivity contribution in [3.63, 3.8) is 0 Å². The van der Waals surface area contributed by atoms with E-state index in [1.807, 2.05) is 6.92 Å². The molecule has 0 fully saturated rings. The van der Waals surface area contributed by atoms with E-state index in [1.54, 1.807) is 0 Å². The highest BCUT2D eigenvalue weighted by molar-refractivity contribution is 6.17. The Morgan fingerprint density at radius 3 is 2.47 bits per heavy atom. The van der Waals surface area contributed by atoms with Crippen molar-refractivity contribution in [3.8, 4) is 0 Å². The molecule has 0 saturated carbocycles. The number of rotatable bonds is 7. The first-order valence-corrected chi connectivity index (χ1v) is 5.82. The minimum Gasteiger partial charge on any atom is -0.380 e. The van der Waals surface area contributed by atoms with E-state index in [9.17, 15) is 0 Å². The van der Waals surface area contributed by atoms with E-state index in [-0.39, 0.29) is 0 Å². The van der Waals surface area contributed by atoms with Crippen molar-refractivity contribution >= 4 is 11.6 Å². The van der Waals surface area contributed by atoms with Gasteiger partial charge in [-0.1, -0.05) is 24.3 Å². The van der Waals surface area contributed by atoms with E-state index >= 15 is 0 Å². The summed E-state index contributed by atoms with van der Waals surface area (Å²) in [5, 5.41) is 3.32. The summed E-state index contributed by atoms with van der Waals surface area (Å²) < 4.78 is 5.23.